The molecule has 0 aromatic heterocycles. The molecule has 0 N–H and O–H groups in total. The predicted octanol–water partition coefficient (Wildman–Crippen LogP) is 3.59. The Hall–Kier alpha value is -1.41. The monoisotopic (exact) mass is 442 g/mol. The van der Waals surface area contributed by atoms with Crippen molar-refractivity contribution in [1.82, 2.24) is 9.80 Å². The van der Waals surface area contributed by atoms with Crippen molar-refractivity contribution in [3.8, 4) is 0 Å². The van der Waals surface area contributed by atoms with E-state index in [1.165, 1.54) is 0 Å². The number of hydrogen-bond acceptors (Lipinski definition) is 2. The summed E-state index contributed by atoms with van der Waals surface area (Å²) in [6.07, 6.45) is -5.57. The molecular weight excluding hydrogens is 428 g/mol. The number of amides is 1. The number of carbonyl (C=O) groups excluding carboxylic acids is 1. The number of piperazine rings is 1. The molecule has 0 unspecified atom stereocenters. The molecule has 1 rings (SSSR count). The van der Waals surface area contributed by atoms with Gasteiger partial charge in [0.25, 0.3) is 5.91 Å². The second kappa shape index (κ2) is 7.44. The topological polar surface area (TPSA) is 23.6 Å². The zero-order valence-electron chi connectivity index (χ0n) is 14.0. The Balaban J connectivity index is 3.25. The van der Waals surface area contributed by atoms with Crippen molar-refractivity contribution >= 4 is 5.91 Å². The summed E-state index contributed by atoms with van der Waals surface area (Å²) in [5.41, 5.74) is 0. The first kappa shape index (κ1) is 24.6. The van der Waals surface area contributed by atoms with Gasteiger partial charge in [0, 0.05) is 26.2 Å². The molecule has 0 aromatic carbocycles. The van der Waals surface area contributed by atoms with Crippen molar-refractivity contribution in [2.75, 3.05) is 32.7 Å². The van der Waals surface area contributed by atoms with Crippen LogP contribution in [0.4, 0.5) is 52.7 Å². The van der Waals surface area contributed by atoms with E-state index in [0.717, 1.165) is 0 Å². The summed E-state index contributed by atoms with van der Waals surface area (Å²) >= 11 is 0. The van der Waals surface area contributed by atoms with Crippen LogP contribution >= 0.6 is 0 Å². The maximum absolute atomic E-state index is 13.8. The van der Waals surface area contributed by atoms with E-state index in [-0.39, 0.29) is 18.0 Å². The van der Waals surface area contributed by atoms with E-state index in [0.29, 0.717) is 6.54 Å². The molecule has 1 heterocycles. The second-order valence-electron chi connectivity index (χ2n) is 5.95. The lowest BCUT2D eigenvalue weighted by Gasteiger charge is -2.41. The van der Waals surface area contributed by atoms with Gasteiger partial charge in [-0.15, -0.1) is 0 Å². The Morgan fingerprint density at radius 1 is 0.786 bits per heavy atom. The molecule has 1 aliphatic heterocycles. The maximum atomic E-state index is 13.8. The molecule has 1 fully saturated rings. The third-order valence-electron chi connectivity index (χ3n) is 4.25. The summed E-state index contributed by atoms with van der Waals surface area (Å²) in [5.74, 6) is -39.4. The van der Waals surface area contributed by atoms with Gasteiger partial charge in [-0.2, -0.15) is 43.9 Å². The first-order valence-corrected chi connectivity index (χ1v) is 7.58. The largest absolute Gasteiger partial charge is 0.392 e. The minimum absolute atomic E-state index is 0.0282. The van der Waals surface area contributed by atoms with Crippen molar-refractivity contribution in [3.05, 3.63) is 0 Å². The quantitative estimate of drug-likeness (QED) is 0.563. The molecule has 166 valence electrons. The fourth-order valence-electron chi connectivity index (χ4n) is 2.34. The van der Waals surface area contributed by atoms with Gasteiger partial charge in [-0.1, -0.05) is 6.92 Å². The summed E-state index contributed by atoms with van der Waals surface area (Å²) in [5, 5.41) is 0. The van der Waals surface area contributed by atoms with Crippen LogP contribution in [0.5, 0.6) is 0 Å². The van der Waals surface area contributed by atoms with Gasteiger partial charge in [-0.25, -0.2) is 8.78 Å². The van der Waals surface area contributed by atoms with Crippen LogP contribution in [0.1, 0.15) is 6.92 Å². The number of hydrogen-bond donors (Lipinski definition) is 0. The number of likely N-dealkylation sites (N-methyl/N-ethyl adjacent to an activating group) is 1. The summed E-state index contributed by atoms with van der Waals surface area (Å²) in [6.45, 7) is 0.383. The van der Waals surface area contributed by atoms with Crippen LogP contribution in [-0.4, -0.2) is 84.5 Å². The zero-order chi connectivity index (χ0) is 22.3. The van der Waals surface area contributed by atoms with Crippen molar-refractivity contribution < 1.29 is 57.5 Å². The molecule has 0 spiro atoms. The lowest BCUT2D eigenvalue weighted by atomic mass is 9.93. The van der Waals surface area contributed by atoms with Crippen LogP contribution in [0.15, 0.2) is 0 Å². The minimum Gasteiger partial charge on any atom is -0.335 e. The van der Waals surface area contributed by atoms with Gasteiger partial charge in [-0.3, -0.25) is 4.79 Å². The Morgan fingerprint density at radius 2 is 1.21 bits per heavy atom. The highest BCUT2D eigenvalue weighted by molar-refractivity contribution is 5.85. The van der Waals surface area contributed by atoms with E-state index >= 15 is 0 Å². The highest BCUT2D eigenvalue weighted by atomic mass is 19.4. The molecule has 0 radical (unpaired) electrons. The van der Waals surface area contributed by atoms with Crippen LogP contribution in [0.25, 0.3) is 0 Å². The fraction of sp³-hybridized carbons (Fsp3) is 0.923. The third-order valence-corrected chi connectivity index (χ3v) is 4.25. The molecule has 3 nitrogen and oxygen atoms in total. The van der Waals surface area contributed by atoms with Crippen molar-refractivity contribution in [1.29, 1.82) is 0 Å². The highest BCUT2D eigenvalue weighted by Gasteiger charge is 2.89. The van der Waals surface area contributed by atoms with Gasteiger partial charge >= 0.3 is 36.0 Å². The van der Waals surface area contributed by atoms with Gasteiger partial charge < -0.3 is 9.80 Å². The average molecular weight is 442 g/mol. The van der Waals surface area contributed by atoms with Gasteiger partial charge in [0.15, 0.2) is 0 Å². The first-order chi connectivity index (χ1) is 12.4. The molecule has 28 heavy (non-hydrogen) atoms. The van der Waals surface area contributed by atoms with E-state index in [1.807, 2.05) is 0 Å². The Morgan fingerprint density at radius 3 is 1.57 bits per heavy atom. The molecule has 15 heteroatoms. The molecule has 0 aromatic rings. The highest BCUT2D eigenvalue weighted by Crippen LogP contribution is 2.58. The van der Waals surface area contributed by atoms with Crippen LogP contribution in [0, 0.1) is 0 Å². The Bertz CT molecular complexity index is 572. The lowest BCUT2D eigenvalue weighted by molar-refractivity contribution is -0.407. The lowest BCUT2D eigenvalue weighted by Crippen LogP contribution is -2.71. The third kappa shape index (κ3) is 3.49. The summed E-state index contributed by atoms with van der Waals surface area (Å²) in [4.78, 5) is 13.1. The maximum Gasteiger partial charge on any atom is 0.392 e. The van der Waals surface area contributed by atoms with Crippen LogP contribution in [0.3, 0.4) is 0 Å². The molecular formula is C13H14F12N2O. The Labute approximate surface area is 150 Å². The van der Waals surface area contributed by atoms with E-state index in [4.69, 9.17) is 0 Å². The molecule has 1 amide bonds. The van der Waals surface area contributed by atoms with Crippen molar-refractivity contribution in [2.24, 2.45) is 0 Å². The first-order valence-electron chi connectivity index (χ1n) is 7.58. The molecule has 0 aliphatic carbocycles. The number of nitrogens with zero attached hydrogens (tertiary/aromatic N) is 2. The average Bonchev–Trinajstić information content (AvgIpc) is 2.60. The second-order valence-corrected chi connectivity index (χ2v) is 5.95. The zero-order valence-corrected chi connectivity index (χ0v) is 14.0. The number of carbonyl (C=O) groups is 1. The number of halogens is 12. The number of rotatable bonds is 7. The normalized spacial score (nSPS) is 18.7. The van der Waals surface area contributed by atoms with Gasteiger partial charge in [0.05, 0.1) is 0 Å². The van der Waals surface area contributed by atoms with Crippen LogP contribution in [0.2, 0.25) is 0 Å². The molecule has 1 saturated heterocycles. The van der Waals surface area contributed by atoms with Gasteiger partial charge in [0.1, 0.15) is 0 Å². The smallest absolute Gasteiger partial charge is 0.335 e. The van der Waals surface area contributed by atoms with Crippen molar-refractivity contribution in [2.45, 2.75) is 43.0 Å². The van der Waals surface area contributed by atoms with E-state index in [9.17, 15) is 57.5 Å². The summed E-state index contributed by atoms with van der Waals surface area (Å²) < 4.78 is 157. The standard InChI is InChI=1S/C13H14F12N2O/c1-2-26-3-5-27(6-4-26)8(28)10(18,19)12(22,23)13(24,25)11(20,21)9(16,17)7(14)15/h7H,2-6H2,1H3. The van der Waals surface area contributed by atoms with Crippen molar-refractivity contribution in [3.63, 3.8) is 0 Å². The van der Waals surface area contributed by atoms with E-state index < -0.39 is 55.0 Å². The number of alkyl halides is 12. The van der Waals surface area contributed by atoms with E-state index in [2.05, 4.69) is 0 Å². The summed E-state index contributed by atoms with van der Waals surface area (Å²) in [7, 11) is 0. The molecule has 0 saturated carbocycles. The molecule has 1 aliphatic rings. The Kier molecular flexibility index (Phi) is 6.55. The van der Waals surface area contributed by atoms with Crippen LogP contribution in [-0.2, 0) is 4.79 Å². The van der Waals surface area contributed by atoms with Gasteiger partial charge in [-0.05, 0) is 6.54 Å². The molecule has 0 atom stereocenters. The summed E-state index contributed by atoms with van der Waals surface area (Å²) in [6, 6.07) is 0. The predicted molar refractivity (Wildman–Crippen MR) is 69.4 cm³/mol. The van der Waals surface area contributed by atoms with Crippen LogP contribution < -0.4 is 0 Å². The molecule has 0 bridgehead atoms. The fourth-order valence-corrected chi connectivity index (χ4v) is 2.34. The minimum atomic E-state index is -7.69. The SMILES string of the molecule is CCN1CCN(C(=O)C(F)(F)C(F)(F)C(F)(F)C(F)(F)C(F)(F)C(F)F)CC1. The van der Waals surface area contributed by atoms with Gasteiger partial charge in [0.2, 0.25) is 0 Å². The van der Waals surface area contributed by atoms with E-state index in [1.54, 1.807) is 11.8 Å².